The maximum atomic E-state index is 13.4. The molecule has 1 aliphatic rings. The molecular formula is C28H30N4O2. The van der Waals surface area contributed by atoms with Gasteiger partial charge in [0.05, 0.1) is 22.5 Å². The highest BCUT2D eigenvalue weighted by Crippen LogP contribution is 2.34. The van der Waals surface area contributed by atoms with E-state index in [1.54, 1.807) is 40.3 Å². The molecule has 4 rings (SSSR count). The Hall–Kier alpha value is -3.85. The summed E-state index contributed by atoms with van der Waals surface area (Å²) in [5.74, 6) is 0.0555. The van der Waals surface area contributed by atoms with Gasteiger partial charge in [-0.05, 0) is 55.7 Å². The van der Waals surface area contributed by atoms with Gasteiger partial charge in [0.2, 0.25) is 0 Å². The minimum atomic E-state index is -0.689. The van der Waals surface area contributed by atoms with Crippen LogP contribution < -0.4 is 5.69 Å². The molecule has 0 radical (unpaired) electrons. The Labute approximate surface area is 200 Å². The number of allylic oxidation sites excluding steroid dienone is 3. The summed E-state index contributed by atoms with van der Waals surface area (Å²) in [7, 11) is 3.53. The van der Waals surface area contributed by atoms with Crippen molar-refractivity contribution in [1.29, 1.82) is 5.26 Å². The summed E-state index contributed by atoms with van der Waals surface area (Å²) in [4.78, 5) is 28.2. The molecule has 1 aliphatic carbocycles. The fourth-order valence-corrected chi connectivity index (χ4v) is 4.45. The Kier molecular flexibility index (Phi) is 5.82. The number of nitrogens with zero attached hydrogens (tertiary/aromatic N) is 4. The molecule has 6 heteroatoms. The monoisotopic (exact) mass is 454 g/mol. The quantitative estimate of drug-likeness (QED) is 0.562. The minimum absolute atomic E-state index is 0.0931. The molecule has 0 aliphatic heterocycles. The Balaban J connectivity index is 1.76. The molecule has 3 aromatic rings. The van der Waals surface area contributed by atoms with Crippen LogP contribution >= 0.6 is 0 Å². The molecule has 1 amide bonds. The van der Waals surface area contributed by atoms with Gasteiger partial charge in [-0.3, -0.25) is 13.9 Å². The fraction of sp³-hybridized carbons (Fsp3) is 0.321. The molecule has 2 atom stereocenters. The van der Waals surface area contributed by atoms with Crippen LogP contribution in [-0.2, 0) is 12.5 Å². The van der Waals surface area contributed by atoms with Gasteiger partial charge >= 0.3 is 5.69 Å². The van der Waals surface area contributed by atoms with Crippen molar-refractivity contribution >= 4 is 22.6 Å². The van der Waals surface area contributed by atoms with Crippen LogP contribution in [0.25, 0.3) is 16.7 Å². The third-order valence-corrected chi connectivity index (χ3v) is 7.01. The molecule has 174 valence electrons. The van der Waals surface area contributed by atoms with Crippen molar-refractivity contribution in [2.24, 2.45) is 18.9 Å². The zero-order valence-electron chi connectivity index (χ0n) is 20.5. The third kappa shape index (κ3) is 3.77. The highest BCUT2D eigenvalue weighted by atomic mass is 16.2. The van der Waals surface area contributed by atoms with E-state index in [9.17, 15) is 14.9 Å². The number of aromatic nitrogens is 2. The van der Waals surface area contributed by atoms with E-state index >= 15 is 0 Å². The van der Waals surface area contributed by atoms with E-state index in [1.165, 1.54) is 0 Å². The van der Waals surface area contributed by atoms with Crippen LogP contribution in [0.15, 0.2) is 71.2 Å². The molecule has 0 bridgehead atoms. The van der Waals surface area contributed by atoms with Gasteiger partial charge in [-0.15, -0.1) is 0 Å². The van der Waals surface area contributed by atoms with Gasteiger partial charge in [-0.1, -0.05) is 44.2 Å². The smallest absolute Gasteiger partial charge is 0.312 e. The molecule has 0 spiro atoms. The number of benzene rings is 2. The minimum Gasteiger partial charge on any atom is -0.312 e. The average molecular weight is 455 g/mol. The highest BCUT2D eigenvalue weighted by molar-refractivity contribution is 5.96. The maximum Gasteiger partial charge on any atom is 0.333 e. The predicted molar refractivity (Wildman–Crippen MR) is 135 cm³/mol. The first kappa shape index (κ1) is 23.3. The second kappa shape index (κ2) is 8.49. The fourth-order valence-electron chi connectivity index (χ4n) is 4.45. The van der Waals surface area contributed by atoms with Gasteiger partial charge in [0.1, 0.15) is 0 Å². The van der Waals surface area contributed by atoms with Gasteiger partial charge in [0.15, 0.2) is 0 Å². The van der Waals surface area contributed by atoms with Crippen LogP contribution in [0.3, 0.4) is 0 Å². The summed E-state index contributed by atoms with van der Waals surface area (Å²) < 4.78 is 3.42. The molecule has 1 heterocycles. The SMILES string of the molecule is CC1C=C(N(C)C(=O)c2cccc(C(C)(C)C#N)c2)C=C(n2c(=O)n(C)c3ccccc32)C1C. The second-order valence-corrected chi connectivity index (χ2v) is 9.66. The number of rotatable bonds is 4. The molecule has 34 heavy (non-hydrogen) atoms. The lowest BCUT2D eigenvalue weighted by Gasteiger charge is -2.30. The molecule has 0 saturated heterocycles. The number of likely N-dealkylation sites (N-methyl/N-ethyl adjacent to an activating group) is 1. The first-order valence-electron chi connectivity index (χ1n) is 11.5. The molecule has 6 nitrogen and oxygen atoms in total. The average Bonchev–Trinajstić information content (AvgIpc) is 3.10. The second-order valence-electron chi connectivity index (χ2n) is 9.66. The van der Waals surface area contributed by atoms with Crippen LogP contribution in [0, 0.1) is 23.2 Å². The summed E-state index contributed by atoms with van der Waals surface area (Å²) >= 11 is 0. The lowest BCUT2D eigenvalue weighted by molar-refractivity contribution is 0.0839. The third-order valence-electron chi connectivity index (χ3n) is 7.01. The van der Waals surface area contributed by atoms with Gasteiger partial charge in [0, 0.05) is 37.0 Å². The van der Waals surface area contributed by atoms with Crippen molar-refractivity contribution in [3.8, 4) is 6.07 Å². The first-order valence-corrected chi connectivity index (χ1v) is 11.5. The first-order chi connectivity index (χ1) is 16.1. The van der Waals surface area contributed by atoms with Crippen molar-refractivity contribution in [3.05, 3.63) is 88.0 Å². The van der Waals surface area contributed by atoms with Crippen LogP contribution in [0.1, 0.15) is 43.6 Å². The largest absolute Gasteiger partial charge is 0.333 e. The van der Waals surface area contributed by atoms with E-state index in [1.807, 2.05) is 56.3 Å². The molecule has 2 aromatic carbocycles. The van der Waals surface area contributed by atoms with E-state index in [2.05, 4.69) is 26.0 Å². The maximum absolute atomic E-state index is 13.4. The Morgan fingerprint density at radius 1 is 1.09 bits per heavy atom. The van der Waals surface area contributed by atoms with Crippen molar-refractivity contribution in [1.82, 2.24) is 14.0 Å². The number of fused-ring (bicyclic) bond motifs is 1. The van der Waals surface area contributed by atoms with Gasteiger partial charge in [-0.2, -0.15) is 5.26 Å². The number of nitriles is 1. The highest BCUT2D eigenvalue weighted by Gasteiger charge is 2.28. The van der Waals surface area contributed by atoms with Crippen LogP contribution in [-0.4, -0.2) is 27.0 Å². The predicted octanol–water partition coefficient (Wildman–Crippen LogP) is 4.92. The zero-order chi connectivity index (χ0) is 24.8. The number of imidazole rings is 1. The molecule has 0 N–H and O–H groups in total. The van der Waals surface area contributed by atoms with E-state index < -0.39 is 5.41 Å². The van der Waals surface area contributed by atoms with Crippen LogP contribution in [0.2, 0.25) is 0 Å². The van der Waals surface area contributed by atoms with E-state index in [-0.39, 0.29) is 23.4 Å². The van der Waals surface area contributed by atoms with Crippen molar-refractivity contribution in [3.63, 3.8) is 0 Å². The van der Waals surface area contributed by atoms with Crippen molar-refractivity contribution < 1.29 is 4.79 Å². The van der Waals surface area contributed by atoms with Gasteiger partial charge < -0.3 is 4.90 Å². The Morgan fingerprint density at radius 3 is 2.44 bits per heavy atom. The number of para-hydroxylation sites is 2. The standard InChI is InChI=1S/C28H30N4O2/c1-18-14-22(30(5)26(33)20-10-9-11-21(15-20)28(3,4)17-29)16-25(19(18)2)32-24-13-8-7-12-23(24)31(6)27(32)34/h7-16,18-19H,1-6H3. The molecule has 2 unspecified atom stereocenters. The molecular weight excluding hydrogens is 424 g/mol. The van der Waals surface area contributed by atoms with Gasteiger partial charge in [0.25, 0.3) is 5.91 Å². The van der Waals surface area contributed by atoms with E-state index in [4.69, 9.17) is 0 Å². The number of carbonyl (C=O) groups excluding carboxylic acids is 1. The summed E-state index contributed by atoms with van der Waals surface area (Å²) in [5, 5.41) is 9.49. The normalized spacial score (nSPS) is 18.3. The van der Waals surface area contributed by atoms with Crippen LogP contribution in [0.4, 0.5) is 0 Å². The lowest BCUT2D eigenvalue weighted by atomic mass is 9.85. The van der Waals surface area contributed by atoms with E-state index in [0.717, 1.165) is 28.0 Å². The van der Waals surface area contributed by atoms with Gasteiger partial charge in [-0.25, -0.2) is 4.79 Å². The van der Waals surface area contributed by atoms with Crippen LogP contribution in [0.5, 0.6) is 0 Å². The number of aryl methyl sites for hydroxylation is 1. The Bertz CT molecular complexity index is 1450. The summed E-state index contributed by atoms with van der Waals surface area (Å²) in [5.41, 5.74) is 3.85. The Morgan fingerprint density at radius 2 is 1.76 bits per heavy atom. The number of carbonyl (C=O) groups is 1. The number of amides is 1. The summed E-state index contributed by atoms with van der Waals surface area (Å²) in [6, 6.07) is 17.3. The number of hydrogen-bond acceptors (Lipinski definition) is 3. The topological polar surface area (TPSA) is 71.0 Å². The van der Waals surface area contributed by atoms with E-state index in [0.29, 0.717) is 5.56 Å². The van der Waals surface area contributed by atoms with Crippen molar-refractivity contribution in [2.45, 2.75) is 33.1 Å². The summed E-state index contributed by atoms with van der Waals surface area (Å²) in [6.07, 6.45) is 4.02. The molecule has 0 fully saturated rings. The van der Waals surface area contributed by atoms with Crippen molar-refractivity contribution in [2.75, 3.05) is 7.05 Å². The molecule has 0 saturated carbocycles. The number of hydrogen-bond donors (Lipinski definition) is 0. The summed E-state index contributed by atoms with van der Waals surface area (Å²) in [6.45, 7) is 7.88. The molecule has 1 aromatic heterocycles. The zero-order valence-corrected chi connectivity index (χ0v) is 20.5. The lowest BCUT2D eigenvalue weighted by Crippen LogP contribution is -2.31.